The van der Waals surface area contributed by atoms with E-state index < -0.39 is 0 Å². The number of aliphatic imine (C=N–C) groups is 1. The fraction of sp³-hybridized carbons (Fsp3) is 0.233. The zero-order valence-corrected chi connectivity index (χ0v) is 22.5. The molecule has 0 amide bonds. The van der Waals surface area contributed by atoms with Crippen molar-refractivity contribution in [2.75, 3.05) is 0 Å². The molecule has 0 bridgehead atoms. The molecule has 0 fully saturated rings. The first-order chi connectivity index (χ1) is 18.5. The summed E-state index contributed by atoms with van der Waals surface area (Å²) in [5, 5.41) is 22.5. The zero-order chi connectivity index (χ0) is 27.9. The third-order valence-corrected chi connectivity index (χ3v) is 6.40. The zero-order valence-electron chi connectivity index (χ0n) is 22.5. The number of rotatable bonds is 7. The Bertz CT molecular complexity index is 1750. The van der Waals surface area contributed by atoms with Crippen molar-refractivity contribution in [3.8, 4) is 5.88 Å². The maximum absolute atomic E-state index is 13.5. The van der Waals surface area contributed by atoms with Crippen molar-refractivity contribution in [1.29, 1.82) is 0 Å². The molecule has 9 heteroatoms. The van der Waals surface area contributed by atoms with Crippen LogP contribution in [-0.4, -0.2) is 47.8 Å². The van der Waals surface area contributed by atoms with E-state index in [1.807, 2.05) is 40.7 Å². The number of Topliss-reactive ketones (excluding diaryl/α,β-unsaturated/α-hetero) is 1. The summed E-state index contributed by atoms with van der Waals surface area (Å²) in [7, 11) is 0. The minimum absolute atomic E-state index is 0.0455. The molecular weight excluding hydrogens is 492 g/mol. The van der Waals surface area contributed by atoms with Gasteiger partial charge in [-0.3, -0.25) is 19.4 Å². The van der Waals surface area contributed by atoms with Gasteiger partial charge in [-0.05, 0) is 70.5 Å². The van der Waals surface area contributed by atoms with E-state index in [0.717, 1.165) is 17.0 Å². The first-order valence-electron chi connectivity index (χ1n) is 12.6. The fourth-order valence-electron chi connectivity index (χ4n) is 4.55. The minimum Gasteiger partial charge on any atom is -0.494 e. The highest BCUT2D eigenvalue weighted by Gasteiger charge is 2.23. The highest BCUT2D eigenvalue weighted by molar-refractivity contribution is 6.12. The van der Waals surface area contributed by atoms with Crippen LogP contribution in [0.3, 0.4) is 0 Å². The second kappa shape index (κ2) is 9.83. The predicted molar refractivity (Wildman–Crippen MR) is 150 cm³/mol. The summed E-state index contributed by atoms with van der Waals surface area (Å²) in [6, 6.07) is 15.9. The van der Waals surface area contributed by atoms with E-state index in [1.165, 1.54) is 6.21 Å². The van der Waals surface area contributed by atoms with Crippen LogP contribution in [0.1, 0.15) is 69.7 Å². The molecule has 198 valence electrons. The number of aromatic nitrogens is 5. The molecular formula is C30H30N6O3. The van der Waals surface area contributed by atoms with Gasteiger partial charge in [0.1, 0.15) is 5.69 Å². The van der Waals surface area contributed by atoms with Crippen LogP contribution in [0, 0.1) is 13.8 Å². The molecule has 0 atom stereocenters. The number of benzene rings is 2. The second-order valence-electron chi connectivity index (χ2n) is 10.7. The molecule has 3 N–H and O–H groups in total. The lowest BCUT2D eigenvalue weighted by Crippen LogP contribution is -2.27. The predicted octanol–water partition coefficient (Wildman–Crippen LogP) is 5.57. The molecule has 0 spiro atoms. The Morgan fingerprint density at radius 2 is 1.82 bits per heavy atom. The SMILES string of the molecule is Cc1cc(C(=O)Cc2cccc(C(=O)c3ccc4[nH]c(O)c(C=Nc5cc(C)[nH]n5)c4c3)c2)n(C(C)(C)C)n1. The number of carbonyl (C=O) groups excluding carboxylic acids is 2. The van der Waals surface area contributed by atoms with Crippen LogP contribution in [0.2, 0.25) is 0 Å². The minimum atomic E-state index is -0.330. The molecule has 9 nitrogen and oxygen atoms in total. The van der Waals surface area contributed by atoms with Gasteiger partial charge in [0.25, 0.3) is 0 Å². The maximum Gasteiger partial charge on any atom is 0.198 e. The average molecular weight is 523 g/mol. The topological polar surface area (TPSA) is 129 Å². The third-order valence-electron chi connectivity index (χ3n) is 6.40. The largest absolute Gasteiger partial charge is 0.494 e. The van der Waals surface area contributed by atoms with Gasteiger partial charge in [-0.15, -0.1) is 0 Å². The van der Waals surface area contributed by atoms with Crippen LogP contribution in [-0.2, 0) is 12.0 Å². The Labute approximate surface area is 225 Å². The van der Waals surface area contributed by atoms with Crippen LogP contribution in [0.15, 0.2) is 59.6 Å². The molecule has 39 heavy (non-hydrogen) atoms. The summed E-state index contributed by atoms with van der Waals surface area (Å²) in [6.07, 6.45) is 1.68. The summed E-state index contributed by atoms with van der Waals surface area (Å²) >= 11 is 0. The molecule has 5 aromatic rings. The van der Waals surface area contributed by atoms with Gasteiger partial charge in [0, 0.05) is 46.4 Å². The maximum atomic E-state index is 13.5. The number of carbonyl (C=O) groups is 2. The van der Waals surface area contributed by atoms with E-state index in [0.29, 0.717) is 39.1 Å². The van der Waals surface area contributed by atoms with E-state index in [4.69, 9.17) is 0 Å². The van der Waals surface area contributed by atoms with Crippen LogP contribution >= 0.6 is 0 Å². The van der Waals surface area contributed by atoms with Gasteiger partial charge in [-0.1, -0.05) is 18.2 Å². The molecule has 0 radical (unpaired) electrons. The van der Waals surface area contributed by atoms with Crippen LogP contribution in [0.25, 0.3) is 10.9 Å². The van der Waals surface area contributed by atoms with E-state index in [1.54, 1.807) is 53.2 Å². The molecule has 0 unspecified atom stereocenters. The van der Waals surface area contributed by atoms with E-state index >= 15 is 0 Å². The number of aromatic hydroxyl groups is 1. The number of aromatic amines is 2. The standard InChI is InChI=1S/C30H30N6O3/c1-17-12-27(34-33-17)31-16-23-22-15-21(9-10-24(22)32-29(23)39)28(38)20-8-6-7-19(13-20)14-26(37)25-11-18(2)35-36(25)30(3,4)5/h6-13,15-16,32,39H,14H2,1-5H3,(H,33,34). The van der Waals surface area contributed by atoms with E-state index in [-0.39, 0.29) is 29.4 Å². The average Bonchev–Trinajstić information content (AvgIpc) is 3.58. The smallest absolute Gasteiger partial charge is 0.198 e. The van der Waals surface area contributed by atoms with Gasteiger partial charge in [-0.2, -0.15) is 10.2 Å². The summed E-state index contributed by atoms with van der Waals surface area (Å²) < 4.78 is 1.76. The quantitative estimate of drug-likeness (QED) is 0.190. The Morgan fingerprint density at radius 1 is 1.05 bits per heavy atom. The Hall–Kier alpha value is -4.79. The molecule has 0 saturated carbocycles. The lowest BCUT2D eigenvalue weighted by atomic mass is 9.97. The molecule has 2 aromatic carbocycles. The fourth-order valence-corrected chi connectivity index (χ4v) is 4.55. The van der Waals surface area contributed by atoms with Crippen molar-refractivity contribution < 1.29 is 14.7 Å². The molecule has 0 saturated heterocycles. The van der Waals surface area contributed by atoms with Gasteiger partial charge >= 0.3 is 0 Å². The summed E-state index contributed by atoms with van der Waals surface area (Å²) in [4.78, 5) is 33.9. The first kappa shape index (κ1) is 25.8. The van der Waals surface area contributed by atoms with Crippen LogP contribution in [0.4, 0.5) is 5.82 Å². The van der Waals surface area contributed by atoms with Gasteiger partial charge in [0.2, 0.25) is 0 Å². The van der Waals surface area contributed by atoms with Crippen molar-refractivity contribution >= 4 is 34.5 Å². The monoisotopic (exact) mass is 522 g/mol. The summed E-state index contributed by atoms with van der Waals surface area (Å²) in [5.74, 6) is 0.195. The number of nitrogens with one attached hydrogen (secondary N) is 2. The molecule has 3 heterocycles. The number of ketones is 2. The number of nitrogens with zero attached hydrogens (tertiary/aromatic N) is 4. The highest BCUT2D eigenvalue weighted by atomic mass is 16.3. The Kier molecular flexibility index (Phi) is 6.51. The lowest BCUT2D eigenvalue weighted by molar-refractivity contribution is 0.0973. The van der Waals surface area contributed by atoms with Crippen molar-refractivity contribution in [1.82, 2.24) is 25.0 Å². The van der Waals surface area contributed by atoms with E-state index in [9.17, 15) is 14.7 Å². The number of aryl methyl sites for hydroxylation is 2. The van der Waals surface area contributed by atoms with Crippen molar-refractivity contribution in [2.45, 2.75) is 46.6 Å². The van der Waals surface area contributed by atoms with Crippen LogP contribution in [0.5, 0.6) is 5.88 Å². The summed E-state index contributed by atoms with van der Waals surface area (Å²) in [5.41, 5.74) is 4.69. The lowest BCUT2D eigenvalue weighted by Gasteiger charge is -2.22. The van der Waals surface area contributed by atoms with Crippen molar-refractivity contribution in [3.63, 3.8) is 0 Å². The molecule has 5 rings (SSSR count). The third kappa shape index (κ3) is 5.29. The Balaban J connectivity index is 1.41. The van der Waals surface area contributed by atoms with E-state index in [2.05, 4.69) is 25.3 Å². The van der Waals surface area contributed by atoms with Gasteiger partial charge in [0.05, 0.1) is 16.8 Å². The van der Waals surface area contributed by atoms with Crippen LogP contribution < -0.4 is 0 Å². The summed E-state index contributed by atoms with van der Waals surface area (Å²) in [6.45, 7) is 9.76. The molecule has 0 aliphatic rings. The van der Waals surface area contributed by atoms with Gasteiger partial charge in [-0.25, -0.2) is 4.99 Å². The van der Waals surface area contributed by atoms with Crippen molar-refractivity contribution in [2.24, 2.45) is 4.99 Å². The number of fused-ring (bicyclic) bond motifs is 1. The highest BCUT2D eigenvalue weighted by Crippen LogP contribution is 2.28. The number of H-pyrrole nitrogens is 2. The van der Waals surface area contributed by atoms with Gasteiger partial charge in [0.15, 0.2) is 23.3 Å². The normalized spacial score (nSPS) is 12.0. The molecule has 0 aliphatic carbocycles. The van der Waals surface area contributed by atoms with Gasteiger partial charge < -0.3 is 10.1 Å². The first-order valence-corrected chi connectivity index (χ1v) is 12.6. The number of hydrogen-bond acceptors (Lipinski definition) is 6. The molecule has 0 aliphatic heterocycles. The Morgan fingerprint density at radius 3 is 2.54 bits per heavy atom. The number of hydrogen-bond donors (Lipinski definition) is 3. The van der Waals surface area contributed by atoms with Crippen molar-refractivity contribution in [3.05, 3.63) is 93.9 Å². The second-order valence-corrected chi connectivity index (χ2v) is 10.7. The molecule has 3 aromatic heterocycles.